The van der Waals surface area contributed by atoms with Crippen LogP contribution in [0.2, 0.25) is 0 Å². The van der Waals surface area contributed by atoms with Gasteiger partial charge in [-0.2, -0.15) is 0 Å². The van der Waals surface area contributed by atoms with Gasteiger partial charge in [0.1, 0.15) is 0 Å². The van der Waals surface area contributed by atoms with E-state index in [1.165, 1.54) is 0 Å². The zero-order valence-corrected chi connectivity index (χ0v) is 9.23. The summed E-state index contributed by atoms with van der Waals surface area (Å²) >= 11 is 0. The van der Waals surface area contributed by atoms with Gasteiger partial charge in [-0.3, -0.25) is 0 Å². The predicted octanol–water partition coefficient (Wildman–Crippen LogP) is 1.43. The van der Waals surface area contributed by atoms with E-state index in [0.717, 1.165) is 6.42 Å². The monoisotopic (exact) mass is 228 g/mol. The Labute approximate surface area is 93.7 Å². The molecule has 0 saturated carbocycles. The molecule has 0 spiro atoms. The molecular formula is C11H16O5. The van der Waals surface area contributed by atoms with Crippen molar-refractivity contribution in [3.05, 3.63) is 11.1 Å². The van der Waals surface area contributed by atoms with Crippen LogP contribution in [0.1, 0.15) is 32.6 Å². The molecule has 0 amide bonds. The Bertz CT molecular complexity index is 314. The second-order valence-electron chi connectivity index (χ2n) is 3.83. The summed E-state index contributed by atoms with van der Waals surface area (Å²) in [5.41, 5.74) is 0.00769. The molecular weight excluding hydrogens is 212 g/mol. The summed E-state index contributed by atoms with van der Waals surface area (Å²) in [6.45, 7) is 2.46. The second kappa shape index (κ2) is 5.65. The highest BCUT2D eigenvalue weighted by Gasteiger charge is 2.29. The molecule has 1 unspecified atom stereocenters. The molecule has 0 aromatic heterocycles. The lowest BCUT2D eigenvalue weighted by molar-refractivity contribution is -0.136. The Morgan fingerprint density at radius 2 is 1.81 bits per heavy atom. The van der Waals surface area contributed by atoms with Crippen molar-refractivity contribution in [2.75, 3.05) is 6.61 Å². The van der Waals surface area contributed by atoms with Crippen LogP contribution in [0.5, 0.6) is 0 Å². The fraction of sp³-hybridized carbons (Fsp3) is 0.636. The first kappa shape index (κ1) is 12.7. The molecule has 1 aliphatic heterocycles. The van der Waals surface area contributed by atoms with Crippen LogP contribution in [0, 0.1) is 0 Å². The first-order chi connectivity index (χ1) is 7.56. The number of hydrogen-bond acceptors (Lipinski definition) is 3. The topological polar surface area (TPSA) is 87.1 Å². The lowest BCUT2D eigenvalue weighted by Crippen LogP contribution is -2.13. The molecule has 1 atom stereocenters. The van der Waals surface area contributed by atoms with Crippen molar-refractivity contribution in [1.82, 2.24) is 0 Å². The molecule has 1 rings (SSSR count). The van der Waals surface area contributed by atoms with Gasteiger partial charge in [-0.05, 0) is 12.8 Å². The van der Waals surface area contributed by atoms with Crippen LogP contribution >= 0.6 is 0 Å². The third-order valence-corrected chi connectivity index (χ3v) is 2.50. The first-order valence-electron chi connectivity index (χ1n) is 5.36. The van der Waals surface area contributed by atoms with Crippen molar-refractivity contribution in [3.8, 4) is 0 Å². The van der Waals surface area contributed by atoms with Crippen molar-refractivity contribution in [1.29, 1.82) is 0 Å². The Kier molecular flexibility index (Phi) is 4.49. The van der Waals surface area contributed by atoms with Crippen LogP contribution < -0.4 is 0 Å². The number of rotatable bonds is 7. The number of hydrogen-bond donors (Lipinski definition) is 2. The Hall–Kier alpha value is -1.36. The highest BCUT2D eigenvalue weighted by atomic mass is 16.6. The summed E-state index contributed by atoms with van der Waals surface area (Å²) < 4.78 is 4.93. The first-order valence-corrected chi connectivity index (χ1v) is 5.36. The summed E-state index contributed by atoms with van der Waals surface area (Å²) in [4.78, 5) is 22.0. The molecule has 1 saturated heterocycles. The fourth-order valence-electron chi connectivity index (χ4n) is 1.49. The Morgan fingerprint density at radius 3 is 2.19 bits per heavy atom. The minimum absolute atomic E-state index is 0.0107. The number of unbranched alkanes of at least 4 members (excludes halogenated alkanes) is 1. The number of carbonyl (C=O) groups is 2. The maximum Gasteiger partial charge on any atom is 0.332 e. The van der Waals surface area contributed by atoms with E-state index in [-0.39, 0.29) is 23.7 Å². The normalized spacial score (nSPS) is 20.2. The molecule has 1 fully saturated rings. The minimum atomic E-state index is -1.15. The summed E-state index contributed by atoms with van der Waals surface area (Å²) in [5.74, 6) is -2.28. The molecule has 16 heavy (non-hydrogen) atoms. The molecule has 2 N–H and O–H groups in total. The van der Waals surface area contributed by atoms with E-state index in [9.17, 15) is 9.59 Å². The Balaban J connectivity index is 2.85. The molecule has 0 radical (unpaired) electrons. The number of aliphatic carboxylic acids is 2. The lowest BCUT2D eigenvalue weighted by atomic mass is 9.99. The van der Waals surface area contributed by atoms with Gasteiger partial charge in [0, 0.05) is 12.0 Å². The van der Waals surface area contributed by atoms with Crippen molar-refractivity contribution < 1.29 is 24.5 Å². The van der Waals surface area contributed by atoms with Gasteiger partial charge in [-0.15, -0.1) is 0 Å². The van der Waals surface area contributed by atoms with Crippen LogP contribution in [-0.2, 0) is 14.3 Å². The van der Waals surface area contributed by atoms with E-state index in [0.29, 0.717) is 19.4 Å². The van der Waals surface area contributed by atoms with E-state index in [1.54, 1.807) is 0 Å². The smallest absolute Gasteiger partial charge is 0.332 e. The van der Waals surface area contributed by atoms with Gasteiger partial charge in [0.25, 0.3) is 0 Å². The van der Waals surface area contributed by atoms with Crippen LogP contribution in [0.15, 0.2) is 11.1 Å². The molecule has 0 aliphatic carbocycles. The van der Waals surface area contributed by atoms with Crippen LogP contribution in [0.4, 0.5) is 0 Å². The van der Waals surface area contributed by atoms with Gasteiger partial charge >= 0.3 is 11.9 Å². The fourth-order valence-corrected chi connectivity index (χ4v) is 1.49. The quantitative estimate of drug-likeness (QED) is 0.508. The van der Waals surface area contributed by atoms with E-state index in [1.807, 2.05) is 6.92 Å². The molecule has 90 valence electrons. The van der Waals surface area contributed by atoms with Crippen molar-refractivity contribution in [2.45, 2.75) is 38.7 Å². The molecule has 0 bridgehead atoms. The molecule has 5 heteroatoms. The third kappa shape index (κ3) is 3.66. The number of ether oxygens (including phenoxy) is 1. The molecule has 0 aromatic carbocycles. The minimum Gasteiger partial charge on any atom is -0.478 e. The van der Waals surface area contributed by atoms with E-state index >= 15 is 0 Å². The van der Waals surface area contributed by atoms with Crippen LogP contribution in [0.25, 0.3) is 0 Å². The van der Waals surface area contributed by atoms with Gasteiger partial charge in [-0.1, -0.05) is 13.3 Å². The zero-order chi connectivity index (χ0) is 12.1. The standard InChI is InChI=1S/C11H16O5/c1-2-3-4-8(10(12)13)9(11(14)15)5-7-6-16-7/h7H,2-6H2,1H3,(H,12,13)(H,14,15)/b9-8+. The van der Waals surface area contributed by atoms with Crippen molar-refractivity contribution in [3.63, 3.8) is 0 Å². The van der Waals surface area contributed by atoms with Crippen molar-refractivity contribution in [2.24, 2.45) is 0 Å². The van der Waals surface area contributed by atoms with E-state index in [4.69, 9.17) is 14.9 Å². The number of carboxylic acid groups (broad SMARTS) is 2. The summed E-state index contributed by atoms with van der Waals surface area (Å²) in [7, 11) is 0. The van der Waals surface area contributed by atoms with Gasteiger partial charge in [0.05, 0.1) is 18.3 Å². The lowest BCUT2D eigenvalue weighted by Gasteiger charge is -2.07. The molecule has 1 heterocycles. The van der Waals surface area contributed by atoms with E-state index in [2.05, 4.69) is 0 Å². The molecule has 0 aromatic rings. The molecule has 1 aliphatic rings. The summed E-state index contributed by atoms with van der Waals surface area (Å²) in [5, 5.41) is 18.0. The Morgan fingerprint density at radius 1 is 1.25 bits per heavy atom. The zero-order valence-electron chi connectivity index (χ0n) is 9.23. The third-order valence-electron chi connectivity index (χ3n) is 2.50. The average molecular weight is 228 g/mol. The summed E-state index contributed by atoms with van der Waals surface area (Å²) in [6, 6.07) is 0. The van der Waals surface area contributed by atoms with Gasteiger partial charge in [0.2, 0.25) is 0 Å². The second-order valence-corrected chi connectivity index (χ2v) is 3.83. The maximum absolute atomic E-state index is 11.0. The van der Waals surface area contributed by atoms with Gasteiger partial charge in [0.15, 0.2) is 0 Å². The predicted molar refractivity (Wildman–Crippen MR) is 56.2 cm³/mol. The highest BCUT2D eigenvalue weighted by molar-refractivity contribution is 5.98. The van der Waals surface area contributed by atoms with E-state index < -0.39 is 11.9 Å². The van der Waals surface area contributed by atoms with Crippen LogP contribution in [-0.4, -0.2) is 34.9 Å². The summed E-state index contributed by atoms with van der Waals surface area (Å²) in [6.07, 6.45) is 1.91. The number of epoxide rings is 1. The average Bonchev–Trinajstić information content (AvgIpc) is 2.99. The largest absolute Gasteiger partial charge is 0.478 e. The number of carboxylic acids is 2. The maximum atomic E-state index is 11.0. The highest BCUT2D eigenvalue weighted by Crippen LogP contribution is 2.24. The van der Waals surface area contributed by atoms with Crippen LogP contribution in [0.3, 0.4) is 0 Å². The van der Waals surface area contributed by atoms with Crippen molar-refractivity contribution >= 4 is 11.9 Å². The SMILES string of the molecule is CCCC/C(C(=O)O)=C(/CC1CO1)C(=O)O. The molecule has 5 nitrogen and oxygen atoms in total. The van der Waals surface area contributed by atoms with Gasteiger partial charge < -0.3 is 14.9 Å². The van der Waals surface area contributed by atoms with Gasteiger partial charge in [-0.25, -0.2) is 9.59 Å².